The van der Waals surface area contributed by atoms with Crippen molar-refractivity contribution in [2.45, 2.75) is 40.7 Å². The van der Waals surface area contributed by atoms with Crippen molar-refractivity contribution < 1.29 is 5.11 Å². The molecule has 0 amide bonds. The van der Waals surface area contributed by atoms with E-state index in [4.69, 9.17) is 0 Å². The third-order valence-electron chi connectivity index (χ3n) is 3.85. The topological polar surface area (TPSA) is 39.6 Å². The fraction of sp³-hybridized carbons (Fsp3) is 0.688. The Morgan fingerprint density at radius 2 is 1.75 bits per heavy atom. The van der Waals surface area contributed by atoms with E-state index in [1.807, 2.05) is 19.1 Å². The molecule has 0 radical (unpaired) electrons. The number of aryl methyl sites for hydroxylation is 1. The number of nitrogens with zero attached hydrogens (tertiary/aromatic N) is 3. The van der Waals surface area contributed by atoms with Gasteiger partial charge in [0.2, 0.25) is 0 Å². The van der Waals surface area contributed by atoms with E-state index in [0.717, 1.165) is 56.2 Å². The van der Waals surface area contributed by atoms with E-state index in [1.54, 1.807) is 0 Å². The number of pyridine rings is 1. The molecule has 20 heavy (non-hydrogen) atoms. The Bertz CT molecular complexity index is 391. The highest BCUT2D eigenvalue weighted by atomic mass is 16.3. The van der Waals surface area contributed by atoms with Crippen molar-refractivity contribution in [1.29, 1.82) is 0 Å². The Balaban J connectivity index is 2.59. The van der Waals surface area contributed by atoms with Gasteiger partial charge in [0.15, 0.2) is 0 Å². The molecule has 114 valence electrons. The van der Waals surface area contributed by atoms with Crippen LogP contribution in [0, 0.1) is 6.92 Å². The number of aliphatic hydroxyl groups is 1. The zero-order chi connectivity index (χ0) is 15.0. The SMILES string of the molecule is CCN(CC)CCCN(CC)c1ccc(CO)c(C)n1. The first-order chi connectivity index (χ1) is 9.65. The summed E-state index contributed by atoms with van der Waals surface area (Å²) in [6.07, 6.45) is 1.15. The number of aliphatic hydroxyl groups excluding tert-OH is 1. The summed E-state index contributed by atoms with van der Waals surface area (Å²) in [5.41, 5.74) is 1.83. The monoisotopic (exact) mass is 279 g/mol. The molecule has 4 nitrogen and oxygen atoms in total. The average molecular weight is 279 g/mol. The van der Waals surface area contributed by atoms with Gasteiger partial charge < -0.3 is 14.9 Å². The molecule has 0 saturated heterocycles. The summed E-state index contributed by atoms with van der Waals surface area (Å²) in [4.78, 5) is 9.35. The van der Waals surface area contributed by atoms with Crippen LogP contribution in [0.25, 0.3) is 0 Å². The minimum Gasteiger partial charge on any atom is -0.392 e. The molecule has 1 rings (SSSR count). The Morgan fingerprint density at radius 3 is 2.25 bits per heavy atom. The molecule has 0 aliphatic carbocycles. The van der Waals surface area contributed by atoms with Crippen LogP contribution in [0.15, 0.2) is 12.1 Å². The molecule has 1 heterocycles. The molecule has 0 saturated carbocycles. The summed E-state index contributed by atoms with van der Waals surface area (Å²) in [6, 6.07) is 3.99. The van der Waals surface area contributed by atoms with Crippen molar-refractivity contribution in [3.63, 3.8) is 0 Å². The Labute approximate surface area is 123 Å². The highest BCUT2D eigenvalue weighted by Crippen LogP contribution is 2.15. The van der Waals surface area contributed by atoms with E-state index in [0.29, 0.717) is 0 Å². The van der Waals surface area contributed by atoms with Crippen LogP contribution in [0.3, 0.4) is 0 Å². The lowest BCUT2D eigenvalue weighted by atomic mass is 10.2. The molecule has 0 atom stereocenters. The van der Waals surface area contributed by atoms with Gasteiger partial charge in [0.05, 0.1) is 6.61 Å². The summed E-state index contributed by atoms with van der Waals surface area (Å²) in [5, 5.41) is 9.20. The van der Waals surface area contributed by atoms with Crippen LogP contribution < -0.4 is 4.90 Å². The predicted molar refractivity (Wildman–Crippen MR) is 85.2 cm³/mol. The van der Waals surface area contributed by atoms with Crippen LogP contribution in [0.1, 0.15) is 38.4 Å². The minimum atomic E-state index is 0.0627. The van der Waals surface area contributed by atoms with Gasteiger partial charge in [-0.3, -0.25) is 0 Å². The molecule has 0 bridgehead atoms. The largest absolute Gasteiger partial charge is 0.392 e. The number of hydrogen-bond donors (Lipinski definition) is 1. The molecule has 1 N–H and O–H groups in total. The second-order valence-corrected chi connectivity index (χ2v) is 5.03. The quantitative estimate of drug-likeness (QED) is 0.753. The first kappa shape index (κ1) is 16.9. The maximum absolute atomic E-state index is 9.20. The third-order valence-corrected chi connectivity index (χ3v) is 3.85. The zero-order valence-corrected chi connectivity index (χ0v) is 13.4. The second kappa shape index (κ2) is 8.93. The van der Waals surface area contributed by atoms with Gasteiger partial charge in [-0.1, -0.05) is 19.9 Å². The lowest BCUT2D eigenvalue weighted by molar-refractivity contribution is 0.280. The first-order valence-electron chi connectivity index (χ1n) is 7.70. The Hall–Kier alpha value is -1.13. The fourth-order valence-electron chi connectivity index (χ4n) is 2.38. The van der Waals surface area contributed by atoms with Crippen LogP contribution in [0.4, 0.5) is 5.82 Å². The van der Waals surface area contributed by atoms with Crippen molar-refractivity contribution in [1.82, 2.24) is 9.88 Å². The third kappa shape index (κ3) is 4.76. The van der Waals surface area contributed by atoms with Gasteiger partial charge in [0, 0.05) is 18.8 Å². The zero-order valence-electron chi connectivity index (χ0n) is 13.4. The lowest BCUT2D eigenvalue weighted by Crippen LogP contribution is -2.30. The van der Waals surface area contributed by atoms with E-state index in [9.17, 15) is 5.11 Å². The summed E-state index contributed by atoms with van der Waals surface area (Å²) < 4.78 is 0. The molecule has 0 fully saturated rings. The van der Waals surface area contributed by atoms with Gasteiger partial charge in [-0.15, -0.1) is 0 Å². The van der Waals surface area contributed by atoms with Gasteiger partial charge in [-0.05, 0) is 51.5 Å². The fourth-order valence-corrected chi connectivity index (χ4v) is 2.38. The number of rotatable bonds is 9. The highest BCUT2D eigenvalue weighted by molar-refractivity contribution is 5.41. The maximum atomic E-state index is 9.20. The second-order valence-electron chi connectivity index (χ2n) is 5.03. The van der Waals surface area contributed by atoms with E-state index in [-0.39, 0.29) is 6.61 Å². The van der Waals surface area contributed by atoms with Crippen molar-refractivity contribution in [3.8, 4) is 0 Å². The van der Waals surface area contributed by atoms with Gasteiger partial charge in [0.25, 0.3) is 0 Å². The van der Waals surface area contributed by atoms with E-state index in [2.05, 4.69) is 35.6 Å². The first-order valence-corrected chi connectivity index (χ1v) is 7.70. The number of hydrogen-bond acceptors (Lipinski definition) is 4. The average Bonchev–Trinajstić information content (AvgIpc) is 2.47. The molecular weight excluding hydrogens is 250 g/mol. The van der Waals surface area contributed by atoms with Gasteiger partial charge in [-0.25, -0.2) is 4.98 Å². The smallest absolute Gasteiger partial charge is 0.128 e. The molecule has 4 heteroatoms. The molecular formula is C16H29N3O. The summed E-state index contributed by atoms with van der Waals surface area (Å²) in [7, 11) is 0. The van der Waals surface area contributed by atoms with Crippen LogP contribution in [0.5, 0.6) is 0 Å². The van der Waals surface area contributed by atoms with Gasteiger partial charge in [0.1, 0.15) is 5.82 Å². The summed E-state index contributed by atoms with van der Waals surface area (Å²) >= 11 is 0. The minimum absolute atomic E-state index is 0.0627. The molecule has 0 aliphatic heterocycles. The van der Waals surface area contributed by atoms with Crippen molar-refractivity contribution >= 4 is 5.82 Å². The molecule has 0 aromatic carbocycles. The van der Waals surface area contributed by atoms with E-state index < -0.39 is 0 Å². The van der Waals surface area contributed by atoms with E-state index >= 15 is 0 Å². The Kier molecular flexibility index (Phi) is 7.55. The van der Waals surface area contributed by atoms with Gasteiger partial charge >= 0.3 is 0 Å². The van der Waals surface area contributed by atoms with Crippen molar-refractivity contribution in [2.75, 3.05) is 37.6 Å². The lowest BCUT2D eigenvalue weighted by Gasteiger charge is -2.25. The van der Waals surface area contributed by atoms with Crippen molar-refractivity contribution in [2.24, 2.45) is 0 Å². The number of anilines is 1. The predicted octanol–water partition coefficient (Wildman–Crippen LogP) is 2.44. The van der Waals surface area contributed by atoms with Crippen LogP contribution in [-0.2, 0) is 6.61 Å². The summed E-state index contributed by atoms with van der Waals surface area (Å²) in [5.74, 6) is 1.02. The molecule has 1 aromatic rings. The normalized spacial score (nSPS) is 11.1. The van der Waals surface area contributed by atoms with Crippen LogP contribution in [-0.4, -0.2) is 47.7 Å². The number of aromatic nitrogens is 1. The standard InChI is InChI=1S/C16H29N3O/c1-5-18(6-2)11-8-12-19(7-3)16-10-9-15(13-20)14(4)17-16/h9-10,20H,5-8,11-13H2,1-4H3. The molecule has 0 spiro atoms. The molecule has 0 aliphatic rings. The summed E-state index contributed by atoms with van der Waals surface area (Å²) in [6.45, 7) is 14.0. The van der Waals surface area contributed by atoms with Crippen LogP contribution in [0.2, 0.25) is 0 Å². The van der Waals surface area contributed by atoms with Gasteiger partial charge in [-0.2, -0.15) is 0 Å². The van der Waals surface area contributed by atoms with Crippen molar-refractivity contribution in [3.05, 3.63) is 23.4 Å². The molecule has 1 aromatic heterocycles. The maximum Gasteiger partial charge on any atom is 0.128 e. The van der Waals surface area contributed by atoms with Crippen LogP contribution >= 0.6 is 0 Å². The molecule has 0 unspecified atom stereocenters. The van der Waals surface area contributed by atoms with E-state index in [1.165, 1.54) is 0 Å². The highest BCUT2D eigenvalue weighted by Gasteiger charge is 2.08. The Morgan fingerprint density at radius 1 is 1.05 bits per heavy atom.